The molecule has 122 valence electrons. The van der Waals surface area contributed by atoms with Gasteiger partial charge in [-0.1, -0.05) is 38.6 Å². The van der Waals surface area contributed by atoms with E-state index in [-0.39, 0.29) is 16.9 Å². The average molecular weight is 314 g/mol. The maximum absolute atomic E-state index is 9.95. The van der Waals surface area contributed by atoms with Gasteiger partial charge in [-0.2, -0.15) is 0 Å². The van der Waals surface area contributed by atoms with Gasteiger partial charge in [-0.3, -0.25) is 0 Å². The molecule has 2 rings (SSSR count). The van der Waals surface area contributed by atoms with Crippen LogP contribution in [-0.4, -0.2) is 23.4 Å². The molecule has 0 atom stereocenters. The number of phenols is 2. The van der Waals surface area contributed by atoms with E-state index in [1.807, 2.05) is 24.3 Å². The first-order valence-corrected chi connectivity index (χ1v) is 7.43. The highest BCUT2D eigenvalue weighted by molar-refractivity contribution is 5.48. The van der Waals surface area contributed by atoms with E-state index in [1.54, 1.807) is 18.2 Å². The average Bonchev–Trinajstić information content (AvgIpc) is 2.53. The van der Waals surface area contributed by atoms with Crippen LogP contribution in [0.1, 0.15) is 25.0 Å². The first-order valence-electron chi connectivity index (χ1n) is 7.43. The molecule has 4 nitrogen and oxygen atoms in total. The standard InChI is InChI=1S/C19H22O4/c1-4-22-11-12-23-18-13-15(7-10-17(18)21)19(2,3)14-5-8-16(20)9-6-14/h4-10,13,20-21H,1,11-12H2,2-3H3. The molecular weight excluding hydrogens is 292 g/mol. The van der Waals surface area contributed by atoms with Gasteiger partial charge >= 0.3 is 0 Å². The fourth-order valence-corrected chi connectivity index (χ4v) is 2.35. The van der Waals surface area contributed by atoms with E-state index in [9.17, 15) is 10.2 Å². The van der Waals surface area contributed by atoms with Crippen LogP contribution in [0, 0.1) is 0 Å². The third-order valence-corrected chi connectivity index (χ3v) is 3.85. The third-order valence-electron chi connectivity index (χ3n) is 3.85. The van der Waals surface area contributed by atoms with Crippen LogP contribution < -0.4 is 4.74 Å². The number of ether oxygens (including phenoxy) is 2. The molecule has 0 saturated heterocycles. The molecule has 23 heavy (non-hydrogen) atoms. The molecule has 0 radical (unpaired) electrons. The molecule has 0 unspecified atom stereocenters. The van der Waals surface area contributed by atoms with Gasteiger partial charge in [0, 0.05) is 5.41 Å². The first kappa shape index (κ1) is 16.7. The lowest BCUT2D eigenvalue weighted by atomic mass is 9.78. The van der Waals surface area contributed by atoms with E-state index in [1.165, 1.54) is 6.26 Å². The summed E-state index contributed by atoms with van der Waals surface area (Å²) in [6, 6.07) is 12.4. The number of benzene rings is 2. The van der Waals surface area contributed by atoms with Crippen molar-refractivity contribution in [2.45, 2.75) is 19.3 Å². The molecule has 0 bridgehead atoms. The van der Waals surface area contributed by atoms with Crippen molar-refractivity contribution in [3.05, 3.63) is 66.4 Å². The highest BCUT2D eigenvalue weighted by Gasteiger charge is 2.24. The van der Waals surface area contributed by atoms with E-state index in [2.05, 4.69) is 20.4 Å². The van der Waals surface area contributed by atoms with Crippen LogP contribution >= 0.6 is 0 Å². The van der Waals surface area contributed by atoms with Crippen LogP contribution in [0.2, 0.25) is 0 Å². The lowest BCUT2D eigenvalue weighted by Gasteiger charge is -2.27. The molecule has 0 heterocycles. The highest BCUT2D eigenvalue weighted by Crippen LogP contribution is 2.37. The molecule has 0 saturated carbocycles. The zero-order chi connectivity index (χ0) is 16.9. The van der Waals surface area contributed by atoms with Gasteiger partial charge in [0.05, 0.1) is 6.26 Å². The molecule has 4 heteroatoms. The summed E-state index contributed by atoms with van der Waals surface area (Å²) in [6.07, 6.45) is 1.35. The predicted octanol–water partition coefficient (Wildman–Crippen LogP) is 3.96. The largest absolute Gasteiger partial charge is 0.508 e. The second kappa shape index (κ2) is 7.09. The Hall–Kier alpha value is -2.62. The fourth-order valence-electron chi connectivity index (χ4n) is 2.35. The van der Waals surface area contributed by atoms with Gasteiger partial charge in [0.25, 0.3) is 0 Å². The summed E-state index contributed by atoms with van der Waals surface area (Å²) in [4.78, 5) is 0. The Balaban J connectivity index is 2.24. The monoisotopic (exact) mass is 314 g/mol. The minimum atomic E-state index is -0.295. The molecule has 0 amide bonds. The van der Waals surface area contributed by atoms with Crippen molar-refractivity contribution in [3.8, 4) is 17.2 Å². The summed E-state index contributed by atoms with van der Waals surface area (Å²) in [6.45, 7) is 8.32. The van der Waals surface area contributed by atoms with Crippen molar-refractivity contribution in [1.29, 1.82) is 0 Å². The number of rotatable bonds is 7. The van der Waals surface area contributed by atoms with E-state index in [4.69, 9.17) is 9.47 Å². The van der Waals surface area contributed by atoms with Gasteiger partial charge < -0.3 is 19.7 Å². The molecule has 0 aliphatic heterocycles. The Morgan fingerprint density at radius 3 is 2.30 bits per heavy atom. The zero-order valence-electron chi connectivity index (χ0n) is 13.5. The molecule has 0 spiro atoms. The van der Waals surface area contributed by atoms with Crippen LogP contribution in [0.3, 0.4) is 0 Å². The van der Waals surface area contributed by atoms with Gasteiger partial charge in [0.15, 0.2) is 11.5 Å². The number of aromatic hydroxyl groups is 2. The van der Waals surface area contributed by atoms with Crippen LogP contribution in [0.5, 0.6) is 17.2 Å². The quantitative estimate of drug-likeness (QED) is 0.600. The molecule has 0 aliphatic carbocycles. The zero-order valence-corrected chi connectivity index (χ0v) is 13.5. The lowest BCUT2D eigenvalue weighted by Crippen LogP contribution is -2.19. The van der Waals surface area contributed by atoms with Gasteiger partial charge in [0.2, 0.25) is 0 Å². The summed E-state index contributed by atoms with van der Waals surface area (Å²) in [5, 5.41) is 19.4. The second-order valence-corrected chi connectivity index (χ2v) is 5.74. The third kappa shape index (κ3) is 3.97. The maximum atomic E-state index is 9.95. The number of hydrogen-bond donors (Lipinski definition) is 2. The summed E-state index contributed by atoms with van der Waals surface area (Å²) < 4.78 is 10.6. The normalized spacial score (nSPS) is 11.0. The SMILES string of the molecule is C=COCCOc1cc(C(C)(C)c2ccc(O)cc2)ccc1O. The van der Waals surface area contributed by atoms with E-state index in [0.29, 0.717) is 19.0 Å². The second-order valence-electron chi connectivity index (χ2n) is 5.74. The van der Waals surface area contributed by atoms with Crippen LogP contribution in [0.15, 0.2) is 55.3 Å². The molecule has 0 aromatic heterocycles. The van der Waals surface area contributed by atoms with E-state index >= 15 is 0 Å². The topological polar surface area (TPSA) is 58.9 Å². The van der Waals surface area contributed by atoms with Crippen molar-refractivity contribution < 1.29 is 19.7 Å². The Kier molecular flexibility index (Phi) is 5.16. The van der Waals surface area contributed by atoms with Crippen LogP contribution in [0.4, 0.5) is 0 Å². The summed E-state index contributed by atoms with van der Waals surface area (Å²) in [5.41, 5.74) is 1.76. The highest BCUT2D eigenvalue weighted by atomic mass is 16.5. The van der Waals surface area contributed by atoms with Crippen molar-refractivity contribution in [3.63, 3.8) is 0 Å². The van der Waals surface area contributed by atoms with E-state index in [0.717, 1.165) is 11.1 Å². The molecule has 0 fully saturated rings. The molecule has 0 aliphatic rings. The van der Waals surface area contributed by atoms with Crippen molar-refractivity contribution >= 4 is 0 Å². The molecule has 2 aromatic carbocycles. The van der Waals surface area contributed by atoms with E-state index < -0.39 is 0 Å². The predicted molar refractivity (Wildman–Crippen MR) is 90.0 cm³/mol. The molecular formula is C19H22O4. The van der Waals surface area contributed by atoms with Crippen molar-refractivity contribution in [1.82, 2.24) is 0 Å². The minimum absolute atomic E-state index is 0.0915. The number of hydrogen-bond acceptors (Lipinski definition) is 4. The summed E-state index contributed by atoms with van der Waals surface area (Å²) in [7, 11) is 0. The van der Waals surface area contributed by atoms with Gasteiger partial charge in [-0.25, -0.2) is 0 Å². The summed E-state index contributed by atoms with van der Waals surface area (Å²) >= 11 is 0. The van der Waals surface area contributed by atoms with Crippen LogP contribution in [-0.2, 0) is 10.2 Å². The lowest BCUT2D eigenvalue weighted by molar-refractivity contribution is 0.176. The maximum Gasteiger partial charge on any atom is 0.161 e. The van der Waals surface area contributed by atoms with Crippen molar-refractivity contribution in [2.24, 2.45) is 0 Å². The minimum Gasteiger partial charge on any atom is -0.508 e. The van der Waals surface area contributed by atoms with Gasteiger partial charge in [0.1, 0.15) is 19.0 Å². The number of phenolic OH excluding ortho intramolecular Hbond substituents is 2. The van der Waals surface area contributed by atoms with Gasteiger partial charge in [-0.05, 0) is 35.4 Å². The Morgan fingerprint density at radius 1 is 1.00 bits per heavy atom. The Labute approximate surface area is 136 Å². The molecule has 2 N–H and O–H groups in total. The van der Waals surface area contributed by atoms with Crippen molar-refractivity contribution in [2.75, 3.05) is 13.2 Å². The molecule has 2 aromatic rings. The van der Waals surface area contributed by atoms with Gasteiger partial charge in [-0.15, -0.1) is 0 Å². The Bertz CT molecular complexity index is 660. The Morgan fingerprint density at radius 2 is 1.65 bits per heavy atom. The fraction of sp³-hybridized carbons (Fsp3) is 0.263. The smallest absolute Gasteiger partial charge is 0.161 e. The summed E-state index contributed by atoms with van der Waals surface area (Å²) in [5.74, 6) is 0.748. The van der Waals surface area contributed by atoms with Crippen LogP contribution in [0.25, 0.3) is 0 Å². The first-order chi connectivity index (χ1) is 10.9.